The summed E-state index contributed by atoms with van der Waals surface area (Å²) in [6.45, 7) is 6.85. The number of benzene rings is 2. The van der Waals surface area contributed by atoms with Crippen LogP contribution in [-0.4, -0.2) is 62.1 Å². The highest BCUT2D eigenvalue weighted by Gasteiger charge is 2.54. The molecule has 0 amide bonds. The molecule has 1 N–H and O–H groups in total. The van der Waals surface area contributed by atoms with E-state index in [1.165, 1.54) is 0 Å². The van der Waals surface area contributed by atoms with Gasteiger partial charge in [0.25, 0.3) is 0 Å². The average molecular weight is 541 g/mol. The van der Waals surface area contributed by atoms with Gasteiger partial charge in [-0.2, -0.15) is 0 Å². The third kappa shape index (κ3) is 4.79. The zero-order chi connectivity index (χ0) is 26.2. The fraction of sp³-hybridized carbons (Fsp3) is 0.433. The maximum absolute atomic E-state index is 12.0. The molecule has 0 radical (unpaired) electrons. The summed E-state index contributed by atoms with van der Waals surface area (Å²) in [5, 5.41) is 13.0. The number of quaternary nitrogens is 1. The van der Waals surface area contributed by atoms with Crippen molar-refractivity contribution in [1.29, 1.82) is 0 Å². The molecule has 3 aliphatic rings. The third-order valence-corrected chi connectivity index (χ3v) is 8.56. The minimum Gasteiger partial charge on any atom is -1.00 e. The summed E-state index contributed by atoms with van der Waals surface area (Å²) < 4.78 is 23.1. The van der Waals surface area contributed by atoms with Gasteiger partial charge in [0.2, 0.25) is 5.75 Å². The largest absolute Gasteiger partial charge is 1.00 e. The van der Waals surface area contributed by atoms with Gasteiger partial charge < -0.3 is 40.9 Å². The van der Waals surface area contributed by atoms with E-state index >= 15 is 0 Å². The Morgan fingerprint density at radius 3 is 2.42 bits per heavy atom. The lowest BCUT2D eigenvalue weighted by molar-refractivity contribution is -0.984. The van der Waals surface area contributed by atoms with Crippen LogP contribution in [-0.2, 0) is 6.54 Å². The second-order valence-electron chi connectivity index (χ2n) is 10.3. The Morgan fingerprint density at radius 2 is 1.79 bits per heavy atom. The van der Waals surface area contributed by atoms with Gasteiger partial charge in [-0.05, 0) is 47.9 Å². The minimum atomic E-state index is -0.645. The number of aliphatic hydroxyl groups is 1. The van der Waals surface area contributed by atoms with Crippen molar-refractivity contribution in [2.75, 3.05) is 41.5 Å². The molecule has 1 unspecified atom stereocenters. The lowest BCUT2D eigenvalue weighted by Crippen LogP contribution is -3.00. The summed E-state index contributed by atoms with van der Waals surface area (Å²) in [5.41, 5.74) is 2.85. The van der Waals surface area contributed by atoms with E-state index in [1.54, 1.807) is 34.6 Å². The van der Waals surface area contributed by atoms with Crippen molar-refractivity contribution in [1.82, 2.24) is 4.98 Å². The van der Waals surface area contributed by atoms with Crippen LogP contribution in [0.3, 0.4) is 0 Å². The Bertz CT molecular complexity index is 1280. The monoisotopic (exact) mass is 540 g/mol. The summed E-state index contributed by atoms with van der Waals surface area (Å²) in [6, 6.07) is 11.9. The standard InChI is InChI=1S/C30H37N2O5.ClH/c1-6-20-18-32(17-19-13-27(35-3)30(37-5)28(14-19)36-4)12-10-21(20)15-26(32)29(33)23-9-11-31-25-8-7-22(34-2)16-24(23)25;/h6-9,11,13-14,16,20-21,26,29,33H,1,10,12,15,17-18H2,2-5H3;1H/q+1;/p-1/t20-,21-,26-,29+,32?;/m1./s1. The number of methoxy groups -OCH3 is 4. The molecule has 3 aliphatic heterocycles. The zero-order valence-corrected chi connectivity index (χ0v) is 23.3. The van der Waals surface area contributed by atoms with Crippen LogP contribution in [0.1, 0.15) is 30.1 Å². The highest BCUT2D eigenvalue weighted by Crippen LogP contribution is 2.49. The maximum Gasteiger partial charge on any atom is 0.203 e. The quantitative estimate of drug-likeness (QED) is 0.330. The van der Waals surface area contributed by atoms with Gasteiger partial charge in [-0.15, -0.1) is 6.58 Å². The van der Waals surface area contributed by atoms with Crippen molar-refractivity contribution in [3.8, 4) is 23.0 Å². The molecule has 38 heavy (non-hydrogen) atoms. The highest BCUT2D eigenvalue weighted by atomic mass is 35.5. The SMILES string of the molecule is C=C[C@@H]1C[N+]2(Cc3cc(OC)c(OC)c(OC)c3)CC[C@@H]1C[C@@H]2[C@@H](O)c1ccnc2ccc(OC)cc12.[Cl-]. The Balaban J connectivity index is 0.00000336. The van der Waals surface area contributed by atoms with E-state index in [4.69, 9.17) is 18.9 Å². The van der Waals surface area contributed by atoms with Crippen molar-refractivity contribution in [3.05, 3.63) is 66.4 Å². The molecular weight excluding hydrogens is 504 g/mol. The number of piperidine rings is 3. The van der Waals surface area contributed by atoms with Gasteiger partial charge in [0.05, 0.1) is 47.0 Å². The number of aliphatic hydroxyl groups excluding tert-OH is 1. The van der Waals surface area contributed by atoms with Crippen molar-refractivity contribution >= 4 is 10.9 Å². The van der Waals surface area contributed by atoms with Crippen molar-refractivity contribution in [2.45, 2.75) is 31.5 Å². The molecule has 5 atom stereocenters. The first-order chi connectivity index (χ1) is 18.0. The first kappa shape index (κ1) is 28.0. The van der Waals surface area contributed by atoms with Gasteiger partial charge in [-0.25, -0.2) is 0 Å². The summed E-state index contributed by atoms with van der Waals surface area (Å²) >= 11 is 0. The van der Waals surface area contributed by atoms with E-state index in [2.05, 4.69) is 17.6 Å². The molecule has 7 nitrogen and oxygen atoms in total. The van der Waals surface area contributed by atoms with Gasteiger partial charge in [-0.1, -0.05) is 6.08 Å². The van der Waals surface area contributed by atoms with Gasteiger partial charge in [0.1, 0.15) is 24.4 Å². The second-order valence-corrected chi connectivity index (χ2v) is 10.3. The molecule has 2 bridgehead atoms. The van der Waals surface area contributed by atoms with Crippen LogP contribution in [0.15, 0.2) is 55.3 Å². The fourth-order valence-electron chi connectivity index (χ4n) is 6.71. The van der Waals surface area contributed by atoms with E-state index in [0.29, 0.717) is 29.1 Å². The molecule has 3 fully saturated rings. The Hall–Kier alpha value is -3.00. The number of fused-ring (bicyclic) bond motifs is 4. The molecule has 4 heterocycles. The number of pyridine rings is 1. The summed E-state index contributed by atoms with van der Waals surface area (Å²) in [5.74, 6) is 3.59. The number of nitrogens with zero attached hydrogens (tertiary/aromatic N) is 2. The molecule has 0 saturated carbocycles. The Labute approximate surface area is 231 Å². The molecule has 3 aromatic rings. The molecule has 6 rings (SSSR count). The van der Waals surface area contributed by atoms with Gasteiger partial charge >= 0.3 is 0 Å². The smallest absolute Gasteiger partial charge is 0.203 e. The van der Waals surface area contributed by atoms with E-state index in [0.717, 1.165) is 64.7 Å². The second kappa shape index (κ2) is 11.4. The van der Waals surface area contributed by atoms with E-state index < -0.39 is 6.10 Å². The highest BCUT2D eigenvalue weighted by molar-refractivity contribution is 5.83. The van der Waals surface area contributed by atoms with E-state index in [9.17, 15) is 5.11 Å². The van der Waals surface area contributed by atoms with Crippen LogP contribution < -0.4 is 31.4 Å². The first-order valence-corrected chi connectivity index (χ1v) is 12.8. The van der Waals surface area contributed by atoms with E-state index in [-0.39, 0.29) is 18.4 Å². The molecule has 8 heteroatoms. The minimum absolute atomic E-state index is 0. The van der Waals surface area contributed by atoms with Crippen molar-refractivity contribution in [3.63, 3.8) is 0 Å². The molecular formula is C30H37ClN2O5. The molecule has 0 spiro atoms. The van der Waals surface area contributed by atoms with Crippen LogP contribution in [0.25, 0.3) is 10.9 Å². The summed E-state index contributed by atoms with van der Waals surface area (Å²) in [6.07, 6.45) is 5.32. The van der Waals surface area contributed by atoms with Crippen LogP contribution >= 0.6 is 0 Å². The lowest BCUT2D eigenvalue weighted by atomic mass is 9.71. The van der Waals surface area contributed by atoms with Crippen LogP contribution in [0, 0.1) is 11.8 Å². The summed E-state index contributed by atoms with van der Waals surface area (Å²) in [4.78, 5) is 4.53. The predicted octanol–water partition coefficient (Wildman–Crippen LogP) is 1.92. The average Bonchev–Trinajstić information content (AvgIpc) is 2.95. The maximum atomic E-state index is 12.0. The summed E-state index contributed by atoms with van der Waals surface area (Å²) in [7, 11) is 6.56. The molecule has 1 aromatic heterocycles. The van der Waals surface area contributed by atoms with Gasteiger partial charge in [0, 0.05) is 35.9 Å². The Morgan fingerprint density at radius 1 is 1.05 bits per heavy atom. The number of hydrogen-bond donors (Lipinski definition) is 1. The lowest BCUT2D eigenvalue weighted by Gasteiger charge is -2.58. The first-order valence-electron chi connectivity index (χ1n) is 12.8. The number of ether oxygens (including phenoxy) is 4. The van der Waals surface area contributed by atoms with Crippen LogP contribution in [0.5, 0.6) is 23.0 Å². The van der Waals surface area contributed by atoms with Crippen LogP contribution in [0.2, 0.25) is 0 Å². The zero-order valence-electron chi connectivity index (χ0n) is 22.5. The number of aromatic nitrogens is 1. The fourth-order valence-corrected chi connectivity index (χ4v) is 6.71. The topological polar surface area (TPSA) is 70.0 Å². The van der Waals surface area contributed by atoms with Crippen molar-refractivity contribution < 1.29 is 40.9 Å². The molecule has 2 aromatic carbocycles. The van der Waals surface area contributed by atoms with E-state index in [1.807, 2.05) is 36.4 Å². The molecule has 0 aliphatic carbocycles. The van der Waals surface area contributed by atoms with Crippen LogP contribution in [0.4, 0.5) is 0 Å². The normalized spacial score (nSPS) is 24.8. The molecule has 204 valence electrons. The van der Waals surface area contributed by atoms with Gasteiger partial charge in [-0.3, -0.25) is 4.98 Å². The third-order valence-electron chi connectivity index (χ3n) is 8.56. The number of halogens is 1. The predicted molar refractivity (Wildman–Crippen MR) is 143 cm³/mol. The number of hydrogen-bond acceptors (Lipinski definition) is 6. The Kier molecular flexibility index (Phi) is 8.40. The van der Waals surface area contributed by atoms with Crippen molar-refractivity contribution in [2.24, 2.45) is 11.8 Å². The van der Waals surface area contributed by atoms with Gasteiger partial charge in [0.15, 0.2) is 11.5 Å². The molecule has 3 saturated heterocycles. The number of rotatable bonds is 9.